The monoisotopic (exact) mass is 262 g/mol. The Morgan fingerprint density at radius 3 is 2.21 bits per heavy atom. The summed E-state index contributed by atoms with van der Waals surface area (Å²) in [7, 11) is 0. The van der Waals surface area contributed by atoms with E-state index < -0.39 is 5.41 Å². The molecule has 0 saturated heterocycles. The summed E-state index contributed by atoms with van der Waals surface area (Å²) >= 11 is 0. The maximum absolute atomic E-state index is 12.2. The summed E-state index contributed by atoms with van der Waals surface area (Å²) in [5.74, 6) is -0.552. The van der Waals surface area contributed by atoms with Gasteiger partial charge in [0.1, 0.15) is 5.41 Å². The Balaban J connectivity index is 2.70. The third-order valence-electron chi connectivity index (χ3n) is 2.98. The molecule has 0 aliphatic rings. The second-order valence-corrected chi connectivity index (χ2v) is 5.20. The number of anilines is 1. The lowest BCUT2D eigenvalue weighted by Gasteiger charge is -2.22. The number of carbonyl (C=O) groups excluding carboxylic acids is 2. The fraction of sp³-hybridized carbons (Fsp3) is 0.467. The van der Waals surface area contributed by atoms with Crippen LogP contribution in [0.3, 0.4) is 0 Å². The molecule has 2 N–H and O–H groups in total. The van der Waals surface area contributed by atoms with Crippen LogP contribution >= 0.6 is 0 Å². The second kappa shape index (κ2) is 6.36. The van der Waals surface area contributed by atoms with Crippen LogP contribution in [0.15, 0.2) is 24.3 Å². The van der Waals surface area contributed by atoms with E-state index in [0.717, 1.165) is 12.0 Å². The fourth-order valence-electron chi connectivity index (χ4n) is 1.49. The summed E-state index contributed by atoms with van der Waals surface area (Å²) in [5, 5.41) is 5.52. The maximum Gasteiger partial charge on any atom is 0.239 e. The Labute approximate surface area is 114 Å². The molecule has 0 spiro atoms. The third-order valence-corrected chi connectivity index (χ3v) is 2.98. The van der Waals surface area contributed by atoms with Gasteiger partial charge in [0, 0.05) is 12.2 Å². The Morgan fingerprint density at radius 2 is 1.68 bits per heavy atom. The fourth-order valence-corrected chi connectivity index (χ4v) is 1.49. The minimum absolute atomic E-state index is 0.251. The lowest BCUT2D eigenvalue weighted by molar-refractivity contribution is -0.138. The van der Waals surface area contributed by atoms with E-state index in [-0.39, 0.29) is 11.8 Å². The topological polar surface area (TPSA) is 58.2 Å². The number of rotatable bonds is 5. The molecule has 0 radical (unpaired) electrons. The van der Waals surface area contributed by atoms with Crippen LogP contribution in [0.2, 0.25) is 0 Å². The molecule has 1 aromatic rings. The van der Waals surface area contributed by atoms with Gasteiger partial charge >= 0.3 is 0 Å². The molecule has 0 bridgehead atoms. The van der Waals surface area contributed by atoms with E-state index in [0.29, 0.717) is 12.2 Å². The van der Waals surface area contributed by atoms with Gasteiger partial charge in [-0.3, -0.25) is 9.59 Å². The normalized spacial score (nSPS) is 10.9. The smallest absolute Gasteiger partial charge is 0.239 e. The highest BCUT2D eigenvalue weighted by Gasteiger charge is 2.35. The van der Waals surface area contributed by atoms with Crippen LogP contribution in [0, 0.1) is 12.3 Å². The van der Waals surface area contributed by atoms with E-state index in [2.05, 4.69) is 10.6 Å². The van der Waals surface area contributed by atoms with Gasteiger partial charge < -0.3 is 10.6 Å². The predicted octanol–water partition coefficient (Wildman–Crippen LogP) is 2.49. The molecular formula is C15H22N2O2. The minimum atomic E-state index is -1.08. The van der Waals surface area contributed by atoms with Crippen molar-refractivity contribution in [3.05, 3.63) is 29.8 Å². The van der Waals surface area contributed by atoms with E-state index in [1.807, 2.05) is 38.1 Å². The molecule has 0 heterocycles. The highest BCUT2D eigenvalue weighted by molar-refractivity contribution is 6.09. The number of benzene rings is 1. The Morgan fingerprint density at radius 1 is 1.11 bits per heavy atom. The quantitative estimate of drug-likeness (QED) is 0.801. The molecule has 104 valence electrons. The van der Waals surface area contributed by atoms with Gasteiger partial charge in [0.15, 0.2) is 0 Å². The van der Waals surface area contributed by atoms with Crippen LogP contribution in [-0.2, 0) is 9.59 Å². The Kier molecular flexibility index (Phi) is 5.10. The van der Waals surface area contributed by atoms with Crippen molar-refractivity contribution in [2.75, 3.05) is 11.9 Å². The van der Waals surface area contributed by atoms with E-state index in [4.69, 9.17) is 0 Å². The zero-order chi connectivity index (χ0) is 14.5. The average molecular weight is 262 g/mol. The Hall–Kier alpha value is -1.84. The van der Waals surface area contributed by atoms with Crippen LogP contribution < -0.4 is 10.6 Å². The number of hydrogen-bond acceptors (Lipinski definition) is 2. The highest BCUT2D eigenvalue weighted by Crippen LogP contribution is 2.19. The van der Waals surface area contributed by atoms with Crippen LogP contribution in [0.25, 0.3) is 0 Å². The first-order chi connectivity index (χ1) is 8.87. The second-order valence-electron chi connectivity index (χ2n) is 5.20. The predicted molar refractivity (Wildman–Crippen MR) is 76.9 cm³/mol. The summed E-state index contributed by atoms with van der Waals surface area (Å²) in [6.07, 6.45) is 0.849. The molecule has 0 saturated carbocycles. The van der Waals surface area contributed by atoms with Gasteiger partial charge in [-0.25, -0.2) is 0 Å². The summed E-state index contributed by atoms with van der Waals surface area (Å²) in [6.45, 7) is 7.79. The van der Waals surface area contributed by atoms with E-state index in [1.165, 1.54) is 0 Å². The van der Waals surface area contributed by atoms with Crippen LogP contribution in [0.4, 0.5) is 5.69 Å². The summed E-state index contributed by atoms with van der Waals surface area (Å²) in [5.41, 5.74) is 0.741. The van der Waals surface area contributed by atoms with Gasteiger partial charge in [-0.2, -0.15) is 0 Å². The van der Waals surface area contributed by atoms with Gasteiger partial charge in [-0.1, -0.05) is 24.6 Å². The molecule has 4 nitrogen and oxygen atoms in total. The van der Waals surface area contributed by atoms with Crippen molar-refractivity contribution in [2.45, 2.75) is 34.1 Å². The standard InChI is InChI=1S/C15H22N2O2/c1-5-10-16-13(18)15(3,4)14(19)17-12-8-6-11(2)7-9-12/h6-9H,5,10H2,1-4H3,(H,16,18)(H,17,19). The van der Waals surface area contributed by atoms with Crippen LogP contribution in [0.5, 0.6) is 0 Å². The van der Waals surface area contributed by atoms with E-state index in [1.54, 1.807) is 13.8 Å². The molecule has 0 fully saturated rings. The largest absolute Gasteiger partial charge is 0.355 e. The number of hydrogen-bond donors (Lipinski definition) is 2. The van der Waals surface area contributed by atoms with Crippen molar-refractivity contribution in [2.24, 2.45) is 5.41 Å². The number of carbonyl (C=O) groups is 2. The number of nitrogens with one attached hydrogen (secondary N) is 2. The van der Waals surface area contributed by atoms with Crippen LogP contribution in [-0.4, -0.2) is 18.4 Å². The summed E-state index contributed by atoms with van der Waals surface area (Å²) < 4.78 is 0. The van der Waals surface area contributed by atoms with Gasteiger partial charge in [-0.15, -0.1) is 0 Å². The van der Waals surface area contributed by atoms with Crippen molar-refractivity contribution in [1.29, 1.82) is 0 Å². The first kappa shape index (κ1) is 15.2. The van der Waals surface area contributed by atoms with Gasteiger partial charge in [0.05, 0.1) is 0 Å². The molecule has 4 heteroatoms. The van der Waals surface area contributed by atoms with Crippen LogP contribution in [0.1, 0.15) is 32.8 Å². The van der Waals surface area contributed by atoms with Gasteiger partial charge in [0.25, 0.3) is 0 Å². The lowest BCUT2D eigenvalue weighted by Crippen LogP contribution is -2.45. The zero-order valence-corrected chi connectivity index (χ0v) is 12.0. The first-order valence-corrected chi connectivity index (χ1v) is 6.54. The SMILES string of the molecule is CCCNC(=O)C(C)(C)C(=O)Nc1ccc(C)cc1. The molecule has 0 unspecified atom stereocenters. The average Bonchev–Trinajstić information content (AvgIpc) is 2.38. The van der Waals surface area contributed by atoms with Gasteiger partial charge in [0.2, 0.25) is 11.8 Å². The highest BCUT2D eigenvalue weighted by atomic mass is 16.2. The molecular weight excluding hydrogens is 240 g/mol. The van der Waals surface area contributed by atoms with Gasteiger partial charge in [-0.05, 0) is 39.3 Å². The van der Waals surface area contributed by atoms with Crippen molar-refractivity contribution in [3.63, 3.8) is 0 Å². The molecule has 0 aromatic heterocycles. The summed E-state index contributed by atoms with van der Waals surface area (Å²) in [4.78, 5) is 24.1. The molecule has 19 heavy (non-hydrogen) atoms. The maximum atomic E-state index is 12.2. The lowest BCUT2D eigenvalue weighted by atomic mass is 9.91. The molecule has 0 aliphatic heterocycles. The van der Waals surface area contributed by atoms with Crippen molar-refractivity contribution < 1.29 is 9.59 Å². The minimum Gasteiger partial charge on any atom is -0.355 e. The molecule has 0 aliphatic carbocycles. The number of aryl methyl sites for hydroxylation is 1. The van der Waals surface area contributed by atoms with E-state index in [9.17, 15) is 9.59 Å². The zero-order valence-electron chi connectivity index (χ0n) is 12.0. The number of amides is 2. The van der Waals surface area contributed by atoms with E-state index >= 15 is 0 Å². The third kappa shape index (κ3) is 4.09. The van der Waals surface area contributed by atoms with Crippen molar-refractivity contribution in [1.82, 2.24) is 5.32 Å². The molecule has 1 rings (SSSR count). The Bertz CT molecular complexity index is 450. The van der Waals surface area contributed by atoms with Crippen molar-refractivity contribution >= 4 is 17.5 Å². The molecule has 2 amide bonds. The van der Waals surface area contributed by atoms with Crippen molar-refractivity contribution in [3.8, 4) is 0 Å². The molecule has 0 atom stereocenters. The first-order valence-electron chi connectivity index (χ1n) is 6.54. The summed E-state index contributed by atoms with van der Waals surface area (Å²) in [6, 6.07) is 7.49. The molecule has 1 aromatic carbocycles.